The largest absolute Gasteiger partial charge is 0.316 e. The number of halogens is 1. The van der Waals surface area contributed by atoms with Crippen molar-refractivity contribution in [2.45, 2.75) is 33.7 Å². The van der Waals surface area contributed by atoms with E-state index >= 15 is 0 Å². The molecule has 0 radical (unpaired) electrons. The van der Waals surface area contributed by atoms with E-state index in [-0.39, 0.29) is 11.8 Å². The van der Waals surface area contributed by atoms with Crippen molar-refractivity contribution in [2.75, 3.05) is 0 Å². The fourth-order valence-electron chi connectivity index (χ4n) is 1.80. The fourth-order valence-corrected chi connectivity index (χ4v) is 3.13. The molecule has 0 fully saturated rings. The Morgan fingerprint density at radius 2 is 2.21 bits per heavy atom. The van der Waals surface area contributed by atoms with E-state index in [1.165, 1.54) is 11.3 Å². The lowest BCUT2D eigenvalue weighted by Crippen LogP contribution is -2.18. The van der Waals surface area contributed by atoms with Gasteiger partial charge in [0, 0.05) is 17.5 Å². The number of carbonyl (C=O) groups excluding carboxylic acids is 1. The molecular weight excluding hydrogens is 280 g/mol. The van der Waals surface area contributed by atoms with Gasteiger partial charge in [-0.15, -0.1) is 0 Å². The molecule has 0 bridgehead atoms. The van der Waals surface area contributed by atoms with Crippen LogP contribution >= 0.6 is 22.9 Å². The zero-order valence-corrected chi connectivity index (χ0v) is 12.9. The van der Waals surface area contributed by atoms with Crippen LogP contribution in [0, 0.1) is 5.92 Å². The lowest BCUT2D eigenvalue weighted by atomic mass is 10.2. The summed E-state index contributed by atoms with van der Waals surface area (Å²) in [6.45, 7) is 6.69. The summed E-state index contributed by atoms with van der Waals surface area (Å²) >= 11 is 7.53. The van der Waals surface area contributed by atoms with E-state index in [2.05, 4.69) is 16.5 Å². The summed E-state index contributed by atoms with van der Waals surface area (Å²) in [6, 6.07) is 5.78. The Hall–Kier alpha value is -1.13. The van der Waals surface area contributed by atoms with Gasteiger partial charge < -0.3 is 4.57 Å². The number of carbonyl (C=O) groups is 1. The van der Waals surface area contributed by atoms with Crippen molar-refractivity contribution in [3.63, 3.8) is 0 Å². The minimum absolute atomic E-state index is 0.0797. The first-order valence-corrected chi connectivity index (χ1v) is 7.59. The molecule has 0 spiro atoms. The Kier molecular flexibility index (Phi) is 4.42. The molecule has 3 nitrogen and oxygen atoms in total. The van der Waals surface area contributed by atoms with E-state index in [4.69, 9.17) is 11.6 Å². The quantitative estimate of drug-likeness (QED) is 0.847. The van der Waals surface area contributed by atoms with Gasteiger partial charge in [0.05, 0.1) is 10.2 Å². The first-order chi connectivity index (χ1) is 9.02. The van der Waals surface area contributed by atoms with Crippen molar-refractivity contribution in [1.82, 2.24) is 4.57 Å². The van der Waals surface area contributed by atoms with Crippen molar-refractivity contribution in [2.24, 2.45) is 10.9 Å². The number of fused-ring (bicyclic) bond motifs is 1. The van der Waals surface area contributed by atoms with Gasteiger partial charge in [-0.1, -0.05) is 43.7 Å². The molecule has 5 heteroatoms. The van der Waals surface area contributed by atoms with E-state index in [9.17, 15) is 4.79 Å². The van der Waals surface area contributed by atoms with Crippen molar-refractivity contribution in [1.29, 1.82) is 0 Å². The summed E-state index contributed by atoms with van der Waals surface area (Å²) in [7, 11) is 0. The van der Waals surface area contributed by atoms with Gasteiger partial charge in [-0.2, -0.15) is 4.99 Å². The monoisotopic (exact) mass is 296 g/mol. The predicted molar refractivity (Wildman–Crippen MR) is 80.5 cm³/mol. The molecule has 0 aliphatic carbocycles. The Balaban J connectivity index is 2.65. The maximum atomic E-state index is 11.8. The Bertz CT molecular complexity index is 670. The van der Waals surface area contributed by atoms with E-state index in [1.54, 1.807) is 0 Å². The molecule has 0 aliphatic rings. The van der Waals surface area contributed by atoms with Crippen molar-refractivity contribution >= 4 is 39.1 Å². The summed E-state index contributed by atoms with van der Waals surface area (Å²) in [5.41, 5.74) is 1.09. The van der Waals surface area contributed by atoms with Gasteiger partial charge in [0.1, 0.15) is 0 Å². The smallest absolute Gasteiger partial charge is 0.250 e. The number of thiazole rings is 1. The molecule has 0 saturated carbocycles. The molecule has 2 rings (SSSR count). The summed E-state index contributed by atoms with van der Waals surface area (Å²) in [5, 5.41) is 0.708. The van der Waals surface area contributed by atoms with Gasteiger partial charge in [-0.3, -0.25) is 4.79 Å². The molecule has 102 valence electrons. The summed E-state index contributed by atoms with van der Waals surface area (Å²) in [6.07, 6.45) is 0.998. The van der Waals surface area contributed by atoms with Crippen LogP contribution in [0.3, 0.4) is 0 Å². The Morgan fingerprint density at radius 3 is 2.84 bits per heavy atom. The van der Waals surface area contributed by atoms with E-state index in [0.717, 1.165) is 28.0 Å². The van der Waals surface area contributed by atoms with Gasteiger partial charge in [0.15, 0.2) is 4.80 Å². The number of nitrogens with zero attached hydrogens (tertiary/aromatic N) is 2. The Labute approximate surface area is 121 Å². The van der Waals surface area contributed by atoms with E-state index in [0.29, 0.717) is 5.02 Å². The number of hydrogen-bond acceptors (Lipinski definition) is 2. The zero-order valence-electron chi connectivity index (χ0n) is 11.3. The summed E-state index contributed by atoms with van der Waals surface area (Å²) in [4.78, 5) is 16.8. The van der Waals surface area contributed by atoms with Crippen LogP contribution in [0.2, 0.25) is 5.02 Å². The van der Waals surface area contributed by atoms with Crippen LogP contribution < -0.4 is 4.80 Å². The van der Waals surface area contributed by atoms with Crippen LogP contribution in [0.1, 0.15) is 27.2 Å². The third kappa shape index (κ3) is 3.07. The van der Waals surface area contributed by atoms with Crippen molar-refractivity contribution in [3.8, 4) is 0 Å². The van der Waals surface area contributed by atoms with Crippen molar-refractivity contribution < 1.29 is 4.79 Å². The molecule has 1 aromatic carbocycles. The second-order valence-corrected chi connectivity index (χ2v) is 6.20. The first kappa shape index (κ1) is 14.3. The number of aromatic nitrogens is 1. The molecule has 0 saturated heterocycles. The minimum Gasteiger partial charge on any atom is -0.316 e. The maximum Gasteiger partial charge on any atom is 0.250 e. The van der Waals surface area contributed by atoms with Crippen LogP contribution in [0.25, 0.3) is 10.2 Å². The van der Waals surface area contributed by atoms with Crippen LogP contribution in [-0.2, 0) is 11.3 Å². The molecule has 0 N–H and O–H groups in total. The SMILES string of the molecule is CCCn1c(=NC(=O)C(C)C)sc2cc(Cl)ccc21. The van der Waals surface area contributed by atoms with Crippen LogP contribution in [0.4, 0.5) is 0 Å². The topological polar surface area (TPSA) is 34.4 Å². The second kappa shape index (κ2) is 5.88. The number of rotatable bonds is 3. The predicted octanol–water partition coefficient (Wildman–Crippen LogP) is 3.85. The second-order valence-electron chi connectivity index (χ2n) is 4.75. The highest BCUT2D eigenvalue weighted by Gasteiger charge is 2.09. The molecule has 1 heterocycles. The maximum absolute atomic E-state index is 11.8. The molecule has 0 unspecified atom stereocenters. The Morgan fingerprint density at radius 1 is 1.47 bits per heavy atom. The van der Waals surface area contributed by atoms with E-state index < -0.39 is 0 Å². The highest BCUT2D eigenvalue weighted by atomic mass is 35.5. The standard InChI is InChI=1S/C14H17ClN2OS/c1-4-7-17-11-6-5-10(15)8-12(11)19-14(17)16-13(18)9(2)3/h5-6,8-9H,4,7H2,1-3H3. The van der Waals surface area contributed by atoms with Crippen LogP contribution in [0.15, 0.2) is 23.2 Å². The van der Waals surface area contributed by atoms with Gasteiger partial charge >= 0.3 is 0 Å². The number of aryl methyl sites for hydroxylation is 1. The average Bonchev–Trinajstić information content (AvgIpc) is 2.67. The van der Waals surface area contributed by atoms with Gasteiger partial charge in [-0.25, -0.2) is 0 Å². The van der Waals surface area contributed by atoms with Gasteiger partial charge in [-0.05, 0) is 24.6 Å². The zero-order chi connectivity index (χ0) is 14.0. The van der Waals surface area contributed by atoms with Gasteiger partial charge in [0.25, 0.3) is 5.91 Å². The van der Waals surface area contributed by atoms with Crippen LogP contribution in [-0.4, -0.2) is 10.5 Å². The minimum atomic E-state index is -0.0810. The average molecular weight is 297 g/mol. The van der Waals surface area contributed by atoms with E-state index in [1.807, 2.05) is 32.0 Å². The normalized spacial score (nSPS) is 12.6. The number of amides is 1. The molecule has 19 heavy (non-hydrogen) atoms. The number of benzene rings is 1. The lowest BCUT2D eigenvalue weighted by Gasteiger charge is -2.03. The third-order valence-corrected chi connectivity index (χ3v) is 4.07. The summed E-state index contributed by atoms with van der Waals surface area (Å²) in [5.74, 6) is -0.161. The highest BCUT2D eigenvalue weighted by molar-refractivity contribution is 7.16. The third-order valence-electron chi connectivity index (χ3n) is 2.79. The summed E-state index contributed by atoms with van der Waals surface area (Å²) < 4.78 is 3.16. The number of hydrogen-bond donors (Lipinski definition) is 0. The molecule has 2 aromatic rings. The molecular formula is C14H17ClN2OS. The lowest BCUT2D eigenvalue weighted by molar-refractivity contribution is -0.120. The highest BCUT2D eigenvalue weighted by Crippen LogP contribution is 2.22. The molecule has 1 amide bonds. The van der Waals surface area contributed by atoms with Crippen molar-refractivity contribution in [3.05, 3.63) is 28.0 Å². The molecule has 0 atom stereocenters. The molecule has 1 aromatic heterocycles. The first-order valence-electron chi connectivity index (χ1n) is 6.40. The molecule has 0 aliphatic heterocycles. The van der Waals surface area contributed by atoms with Crippen LogP contribution in [0.5, 0.6) is 0 Å². The fraction of sp³-hybridized carbons (Fsp3) is 0.429. The van der Waals surface area contributed by atoms with Gasteiger partial charge in [0.2, 0.25) is 0 Å².